The van der Waals surface area contributed by atoms with Crippen molar-refractivity contribution in [2.45, 2.75) is 57.7 Å². The van der Waals surface area contributed by atoms with Crippen LogP contribution in [0.5, 0.6) is 0 Å². The Kier molecular flexibility index (Phi) is 7.96. The third kappa shape index (κ3) is 6.82. The van der Waals surface area contributed by atoms with Gasteiger partial charge in [0.1, 0.15) is 6.54 Å². The molecule has 7 nitrogen and oxygen atoms in total. The van der Waals surface area contributed by atoms with Crippen molar-refractivity contribution in [1.82, 2.24) is 15.5 Å². The van der Waals surface area contributed by atoms with E-state index < -0.39 is 0 Å². The predicted octanol–water partition coefficient (Wildman–Crippen LogP) is 0.992. The molecule has 144 valence electrons. The number of hydrogen-bond donors (Lipinski definition) is 2. The van der Waals surface area contributed by atoms with E-state index in [2.05, 4.69) is 29.5 Å². The zero-order chi connectivity index (χ0) is 18.2. The topological polar surface area (TPSA) is 75.2 Å². The number of nitrogens with zero attached hydrogens (tertiary/aromatic N) is 2. The summed E-state index contributed by atoms with van der Waals surface area (Å²) in [7, 11) is 3.51. The summed E-state index contributed by atoms with van der Waals surface area (Å²) in [6.45, 7) is 6.85. The minimum Gasteiger partial charge on any atom is -0.381 e. The summed E-state index contributed by atoms with van der Waals surface area (Å²) in [6.07, 6.45) is 4.13. The Bertz CT molecular complexity index is 448. The molecular weight excluding hydrogens is 320 g/mol. The minimum absolute atomic E-state index is 0.000104. The van der Waals surface area contributed by atoms with Crippen molar-refractivity contribution in [2.24, 2.45) is 10.9 Å². The zero-order valence-electron chi connectivity index (χ0n) is 16.1. The van der Waals surface area contributed by atoms with Crippen LogP contribution >= 0.6 is 0 Å². The molecule has 2 atom stereocenters. The van der Waals surface area contributed by atoms with Crippen molar-refractivity contribution in [1.29, 1.82) is 0 Å². The number of rotatable bonds is 5. The van der Waals surface area contributed by atoms with Crippen molar-refractivity contribution in [3.8, 4) is 0 Å². The van der Waals surface area contributed by atoms with Gasteiger partial charge in [-0.1, -0.05) is 13.8 Å². The van der Waals surface area contributed by atoms with Crippen molar-refractivity contribution in [3.05, 3.63) is 0 Å². The first-order valence-electron chi connectivity index (χ1n) is 9.42. The van der Waals surface area contributed by atoms with Crippen LogP contribution in [0.1, 0.15) is 39.5 Å². The highest BCUT2D eigenvalue weighted by atomic mass is 16.5. The van der Waals surface area contributed by atoms with Crippen molar-refractivity contribution in [3.63, 3.8) is 0 Å². The lowest BCUT2D eigenvalue weighted by Gasteiger charge is -2.34. The van der Waals surface area contributed by atoms with E-state index in [0.29, 0.717) is 18.0 Å². The maximum Gasteiger partial charge on any atom is 0.243 e. The van der Waals surface area contributed by atoms with Crippen LogP contribution in [0, 0.1) is 5.92 Å². The van der Waals surface area contributed by atoms with Crippen LogP contribution in [0.4, 0.5) is 0 Å². The molecule has 2 rings (SSSR count). The molecule has 0 aromatic carbocycles. The van der Waals surface area contributed by atoms with Crippen LogP contribution in [0.15, 0.2) is 4.99 Å². The van der Waals surface area contributed by atoms with E-state index in [0.717, 1.165) is 51.5 Å². The zero-order valence-corrected chi connectivity index (χ0v) is 16.1. The maximum absolute atomic E-state index is 11.9. The second-order valence-corrected chi connectivity index (χ2v) is 7.50. The second kappa shape index (κ2) is 9.97. The number of ether oxygens (including phenoxy) is 2. The quantitative estimate of drug-likeness (QED) is 0.569. The Balaban J connectivity index is 1.97. The van der Waals surface area contributed by atoms with Crippen LogP contribution in [0.25, 0.3) is 0 Å². The summed E-state index contributed by atoms with van der Waals surface area (Å²) in [4.78, 5) is 18.0. The van der Waals surface area contributed by atoms with Gasteiger partial charge in [-0.25, -0.2) is 4.99 Å². The minimum atomic E-state index is 0.000104. The molecule has 1 amide bonds. The second-order valence-electron chi connectivity index (χ2n) is 7.50. The largest absolute Gasteiger partial charge is 0.381 e. The van der Waals surface area contributed by atoms with E-state index in [-0.39, 0.29) is 18.6 Å². The highest BCUT2D eigenvalue weighted by Gasteiger charge is 2.26. The van der Waals surface area contributed by atoms with Gasteiger partial charge in [0.25, 0.3) is 0 Å². The fraction of sp³-hybridized carbons (Fsp3) is 0.889. The van der Waals surface area contributed by atoms with Crippen LogP contribution in [-0.4, -0.2) is 75.4 Å². The summed E-state index contributed by atoms with van der Waals surface area (Å²) in [5.41, 5.74) is 0. The lowest BCUT2D eigenvalue weighted by molar-refractivity contribution is -0.127. The van der Waals surface area contributed by atoms with E-state index in [9.17, 15) is 4.79 Å². The summed E-state index contributed by atoms with van der Waals surface area (Å²) >= 11 is 0. The molecule has 2 N–H and O–H groups in total. The average molecular weight is 354 g/mol. The molecule has 2 unspecified atom stereocenters. The average Bonchev–Trinajstić information content (AvgIpc) is 2.60. The van der Waals surface area contributed by atoms with Gasteiger partial charge in [0.15, 0.2) is 5.96 Å². The first kappa shape index (κ1) is 20.0. The first-order valence-corrected chi connectivity index (χ1v) is 9.42. The number of hydrogen-bond acceptors (Lipinski definition) is 4. The number of nitrogens with one attached hydrogen (secondary N) is 2. The van der Waals surface area contributed by atoms with Gasteiger partial charge in [-0.3, -0.25) is 4.79 Å². The summed E-state index contributed by atoms with van der Waals surface area (Å²) in [5, 5.41) is 7.02. The molecule has 0 saturated carbocycles. The molecule has 0 aromatic heterocycles. The number of aliphatic imine (C=N–C) groups is 1. The molecule has 0 spiro atoms. The van der Waals surface area contributed by atoms with Crippen molar-refractivity contribution in [2.75, 3.05) is 40.5 Å². The number of likely N-dealkylation sites (N-methyl/N-ethyl adjacent to an activating group) is 1. The molecule has 7 heteroatoms. The van der Waals surface area contributed by atoms with Crippen molar-refractivity contribution < 1.29 is 14.3 Å². The molecule has 2 saturated heterocycles. The Morgan fingerprint density at radius 2 is 1.76 bits per heavy atom. The van der Waals surface area contributed by atoms with Crippen LogP contribution in [0.3, 0.4) is 0 Å². The van der Waals surface area contributed by atoms with Crippen molar-refractivity contribution >= 4 is 11.9 Å². The summed E-state index contributed by atoms with van der Waals surface area (Å²) in [5.74, 6) is 1.24. The van der Waals surface area contributed by atoms with Gasteiger partial charge in [0.2, 0.25) is 5.91 Å². The molecule has 2 aliphatic rings. The molecule has 2 heterocycles. The molecule has 0 bridgehead atoms. The Hall–Kier alpha value is -1.34. The molecular formula is C18H34N4O3. The Labute approximate surface area is 151 Å². The highest BCUT2D eigenvalue weighted by molar-refractivity contribution is 5.85. The van der Waals surface area contributed by atoms with Gasteiger partial charge in [0.05, 0.1) is 6.10 Å². The first-order chi connectivity index (χ1) is 12.0. The van der Waals surface area contributed by atoms with Crippen LogP contribution in [-0.2, 0) is 14.3 Å². The number of amides is 1. The van der Waals surface area contributed by atoms with E-state index in [1.54, 1.807) is 19.0 Å². The maximum atomic E-state index is 11.9. The SMILES string of the molecule is CC(C)C1CC(NC(=NCC(=O)N(C)C)NC2CCOCC2)CCO1. The Morgan fingerprint density at radius 1 is 1.12 bits per heavy atom. The number of guanidine groups is 1. The van der Waals surface area contributed by atoms with Gasteiger partial charge in [-0.2, -0.15) is 0 Å². The molecule has 25 heavy (non-hydrogen) atoms. The molecule has 2 aliphatic heterocycles. The van der Waals surface area contributed by atoms with E-state index in [4.69, 9.17) is 9.47 Å². The lowest BCUT2D eigenvalue weighted by Crippen LogP contribution is -2.51. The highest BCUT2D eigenvalue weighted by Crippen LogP contribution is 2.20. The van der Waals surface area contributed by atoms with E-state index >= 15 is 0 Å². The standard InChI is InChI=1S/C18H34N4O3/c1-13(2)16-11-15(7-10-25-16)21-18(19-12-17(23)22(3)4)20-14-5-8-24-9-6-14/h13-16H,5-12H2,1-4H3,(H2,19,20,21). The number of carbonyl (C=O) groups is 1. The van der Waals surface area contributed by atoms with Gasteiger partial charge in [0, 0.05) is 46.0 Å². The molecule has 0 radical (unpaired) electrons. The van der Waals surface area contributed by atoms with Gasteiger partial charge >= 0.3 is 0 Å². The van der Waals surface area contributed by atoms with E-state index in [1.165, 1.54) is 0 Å². The smallest absolute Gasteiger partial charge is 0.243 e. The summed E-state index contributed by atoms with van der Waals surface area (Å²) < 4.78 is 11.3. The van der Waals surface area contributed by atoms with Crippen LogP contribution < -0.4 is 10.6 Å². The normalized spacial score (nSPS) is 25.7. The predicted molar refractivity (Wildman–Crippen MR) is 98.7 cm³/mol. The molecule has 0 aromatic rings. The Morgan fingerprint density at radius 3 is 2.40 bits per heavy atom. The van der Waals surface area contributed by atoms with Gasteiger partial charge < -0.3 is 25.0 Å². The molecule has 2 fully saturated rings. The van der Waals surface area contributed by atoms with E-state index in [1.807, 2.05) is 0 Å². The monoisotopic (exact) mass is 354 g/mol. The fourth-order valence-electron chi connectivity index (χ4n) is 3.07. The number of carbonyl (C=O) groups excluding carboxylic acids is 1. The third-order valence-electron chi connectivity index (χ3n) is 4.83. The fourth-order valence-corrected chi connectivity index (χ4v) is 3.07. The third-order valence-corrected chi connectivity index (χ3v) is 4.83. The van der Waals surface area contributed by atoms with Gasteiger partial charge in [-0.05, 0) is 31.6 Å². The van der Waals surface area contributed by atoms with Crippen LogP contribution in [0.2, 0.25) is 0 Å². The summed E-state index contributed by atoms with van der Waals surface area (Å²) in [6, 6.07) is 0.664. The molecule has 0 aliphatic carbocycles. The van der Waals surface area contributed by atoms with Gasteiger partial charge in [-0.15, -0.1) is 0 Å². The lowest BCUT2D eigenvalue weighted by atomic mass is 9.95.